The van der Waals surface area contributed by atoms with Gasteiger partial charge in [-0.3, -0.25) is 4.79 Å². The second kappa shape index (κ2) is 7.49. The molecule has 0 aliphatic heterocycles. The van der Waals surface area contributed by atoms with E-state index in [1.54, 1.807) is 17.1 Å². The SMILES string of the molecule is C/C=C\C(=O)N(CC)CCOc1ccccc1. The van der Waals surface area contributed by atoms with Gasteiger partial charge in [0.25, 0.3) is 0 Å². The molecule has 0 atom stereocenters. The van der Waals surface area contributed by atoms with E-state index in [4.69, 9.17) is 4.74 Å². The zero-order chi connectivity index (χ0) is 12.5. The van der Waals surface area contributed by atoms with Crippen molar-refractivity contribution in [2.24, 2.45) is 0 Å². The van der Waals surface area contributed by atoms with Gasteiger partial charge in [-0.15, -0.1) is 0 Å². The van der Waals surface area contributed by atoms with E-state index in [-0.39, 0.29) is 5.91 Å². The molecule has 3 nitrogen and oxygen atoms in total. The number of benzene rings is 1. The van der Waals surface area contributed by atoms with Gasteiger partial charge in [-0.2, -0.15) is 0 Å². The van der Waals surface area contributed by atoms with Gasteiger partial charge in [0, 0.05) is 6.54 Å². The van der Waals surface area contributed by atoms with Gasteiger partial charge in [-0.1, -0.05) is 24.3 Å². The van der Waals surface area contributed by atoms with Crippen LogP contribution in [-0.4, -0.2) is 30.5 Å². The molecular formula is C14H19NO2. The van der Waals surface area contributed by atoms with Gasteiger partial charge in [0.2, 0.25) is 5.91 Å². The number of ether oxygens (including phenoxy) is 1. The molecule has 1 aromatic rings. The first-order valence-electron chi connectivity index (χ1n) is 5.87. The highest BCUT2D eigenvalue weighted by atomic mass is 16.5. The average molecular weight is 233 g/mol. The summed E-state index contributed by atoms with van der Waals surface area (Å²) in [5.41, 5.74) is 0. The zero-order valence-corrected chi connectivity index (χ0v) is 10.4. The van der Waals surface area contributed by atoms with E-state index in [0.717, 1.165) is 5.75 Å². The molecule has 1 amide bonds. The van der Waals surface area contributed by atoms with Crippen molar-refractivity contribution in [2.75, 3.05) is 19.7 Å². The van der Waals surface area contributed by atoms with Crippen molar-refractivity contribution in [1.82, 2.24) is 4.90 Å². The van der Waals surface area contributed by atoms with Crippen LogP contribution in [0.4, 0.5) is 0 Å². The molecule has 0 N–H and O–H groups in total. The first-order valence-corrected chi connectivity index (χ1v) is 5.87. The highest BCUT2D eigenvalue weighted by Gasteiger charge is 2.07. The lowest BCUT2D eigenvalue weighted by Crippen LogP contribution is -2.33. The van der Waals surface area contributed by atoms with Gasteiger partial charge in [-0.25, -0.2) is 0 Å². The lowest BCUT2D eigenvalue weighted by molar-refractivity contribution is -0.126. The lowest BCUT2D eigenvalue weighted by atomic mass is 10.3. The minimum absolute atomic E-state index is 0.0339. The number of carbonyl (C=O) groups excluding carboxylic acids is 1. The largest absolute Gasteiger partial charge is 0.492 e. The molecule has 0 saturated heterocycles. The minimum atomic E-state index is 0.0339. The Labute approximate surface area is 103 Å². The molecule has 1 rings (SSSR count). The molecule has 0 heterocycles. The normalized spacial score (nSPS) is 10.5. The van der Waals surface area contributed by atoms with Gasteiger partial charge >= 0.3 is 0 Å². The number of hydrogen-bond donors (Lipinski definition) is 0. The van der Waals surface area contributed by atoms with Crippen LogP contribution in [0.15, 0.2) is 42.5 Å². The van der Waals surface area contributed by atoms with E-state index >= 15 is 0 Å². The number of hydrogen-bond acceptors (Lipinski definition) is 2. The fraction of sp³-hybridized carbons (Fsp3) is 0.357. The summed E-state index contributed by atoms with van der Waals surface area (Å²) in [7, 11) is 0. The first kappa shape index (κ1) is 13.3. The van der Waals surface area contributed by atoms with Crippen LogP contribution < -0.4 is 4.74 Å². The van der Waals surface area contributed by atoms with Gasteiger partial charge in [0.1, 0.15) is 12.4 Å². The van der Waals surface area contributed by atoms with Crippen molar-refractivity contribution in [3.8, 4) is 5.75 Å². The first-order chi connectivity index (χ1) is 8.27. The van der Waals surface area contributed by atoms with Crippen molar-refractivity contribution in [3.05, 3.63) is 42.5 Å². The molecule has 0 radical (unpaired) electrons. The molecule has 0 aliphatic carbocycles. The summed E-state index contributed by atoms with van der Waals surface area (Å²) in [6, 6.07) is 9.62. The van der Waals surface area contributed by atoms with Crippen LogP contribution in [0.5, 0.6) is 5.75 Å². The molecule has 0 bridgehead atoms. The second-order valence-electron chi connectivity index (χ2n) is 3.58. The molecule has 1 aromatic carbocycles. The third-order valence-electron chi connectivity index (χ3n) is 2.38. The van der Waals surface area contributed by atoms with Crippen molar-refractivity contribution in [1.29, 1.82) is 0 Å². The maximum atomic E-state index is 11.6. The Bertz CT molecular complexity index is 360. The van der Waals surface area contributed by atoms with Crippen LogP contribution >= 0.6 is 0 Å². The topological polar surface area (TPSA) is 29.5 Å². The van der Waals surface area contributed by atoms with Gasteiger partial charge < -0.3 is 9.64 Å². The molecule has 0 unspecified atom stereocenters. The summed E-state index contributed by atoms with van der Waals surface area (Å²) in [4.78, 5) is 13.4. The fourth-order valence-electron chi connectivity index (χ4n) is 1.46. The zero-order valence-electron chi connectivity index (χ0n) is 10.4. The van der Waals surface area contributed by atoms with Gasteiger partial charge in [0.05, 0.1) is 6.54 Å². The summed E-state index contributed by atoms with van der Waals surface area (Å²) in [5.74, 6) is 0.869. The summed E-state index contributed by atoms with van der Waals surface area (Å²) in [6.07, 6.45) is 3.33. The maximum absolute atomic E-state index is 11.6. The van der Waals surface area contributed by atoms with Crippen molar-refractivity contribution >= 4 is 5.91 Å². The van der Waals surface area contributed by atoms with Crippen molar-refractivity contribution < 1.29 is 9.53 Å². The molecule has 92 valence electrons. The number of likely N-dealkylation sites (N-methyl/N-ethyl adjacent to an activating group) is 1. The molecule has 0 fully saturated rings. The lowest BCUT2D eigenvalue weighted by Gasteiger charge is -2.19. The van der Waals surface area contributed by atoms with E-state index in [2.05, 4.69) is 0 Å². The summed E-state index contributed by atoms with van der Waals surface area (Å²) in [5, 5.41) is 0. The molecule has 0 aliphatic rings. The number of para-hydroxylation sites is 1. The standard InChI is InChI=1S/C14H19NO2/c1-3-8-14(16)15(4-2)11-12-17-13-9-6-5-7-10-13/h3,5-10H,4,11-12H2,1-2H3/b8-3-. The highest BCUT2D eigenvalue weighted by molar-refractivity contribution is 5.87. The van der Waals surface area contributed by atoms with Crippen LogP contribution in [0.1, 0.15) is 13.8 Å². The number of rotatable bonds is 6. The third kappa shape index (κ3) is 4.72. The Morgan fingerprint density at radius 2 is 2.06 bits per heavy atom. The Hall–Kier alpha value is -1.77. The van der Waals surface area contributed by atoms with E-state index in [9.17, 15) is 4.79 Å². The van der Waals surface area contributed by atoms with E-state index in [0.29, 0.717) is 19.7 Å². The van der Waals surface area contributed by atoms with Crippen LogP contribution in [0.2, 0.25) is 0 Å². The maximum Gasteiger partial charge on any atom is 0.246 e. The summed E-state index contributed by atoms with van der Waals surface area (Å²) in [6.45, 7) is 5.62. The highest BCUT2D eigenvalue weighted by Crippen LogP contribution is 2.07. The van der Waals surface area contributed by atoms with E-state index in [1.165, 1.54) is 0 Å². The molecular weight excluding hydrogens is 214 g/mol. The van der Waals surface area contributed by atoms with Crippen LogP contribution in [0.3, 0.4) is 0 Å². The summed E-state index contributed by atoms with van der Waals surface area (Å²) >= 11 is 0. The number of carbonyl (C=O) groups is 1. The Morgan fingerprint density at radius 1 is 1.35 bits per heavy atom. The smallest absolute Gasteiger partial charge is 0.246 e. The molecule has 3 heteroatoms. The second-order valence-corrected chi connectivity index (χ2v) is 3.58. The average Bonchev–Trinajstić information content (AvgIpc) is 2.36. The minimum Gasteiger partial charge on any atom is -0.492 e. The van der Waals surface area contributed by atoms with Crippen LogP contribution in [0, 0.1) is 0 Å². The van der Waals surface area contributed by atoms with Crippen molar-refractivity contribution in [3.63, 3.8) is 0 Å². The molecule has 0 saturated carbocycles. The van der Waals surface area contributed by atoms with E-state index in [1.807, 2.05) is 44.2 Å². The van der Waals surface area contributed by atoms with Crippen LogP contribution in [0.25, 0.3) is 0 Å². The Balaban J connectivity index is 2.36. The van der Waals surface area contributed by atoms with Crippen LogP contribution in [-0.2, 0) is 4.79 Å². The Morgan fingerprint density at radius 3 is 2.65 bits per heavy atom. The molecule has 0 spiro atoms. The fourth-order valence-corrected chi connectivity index (χ4v) is 1.46. The van der Waals surface area contributed by atoms with Gasteiger partial charge in [0.15, 0.2) is 0 Å². The number of nitrogens with zero attached hydrogens (tertiary/aromatic N) is 1. The molecule has 0 aromatic heterocycles. The Kier molecular flexibility index (Phi) is 5.86. The van der Waals surface area contributed by atoms with E-state index < -0.39 is 0 Å². The summed E-state index contributed by atoms with van der Waals surface area (Å²) < 4.78 is 5.55. The quantitative estimate of drug-likeness (QED) is 0.706. The predicted molar refractivity (Wildman–Crippen MR) is 69.0 cm³/mol. The monoisotopic (exact) mass is 233 g/mol. The van der Waals surface area contributed by atoms with Crippen molar-refractivity contribution in [2.45, 2.75) is 13.8 Å². The number of allylic oxidation sites excluding steroid dienone is 1. The number of amides is 1. The third-order valence-corrected chi connectivity index (χ3v) is 2.38. The molecule has 17 heavy (non-hydrogen) atoms. The van der Waals surface area contributed by atoms with Gasteiger partial charge in [-0.05, 0) is 32.1 Å². The predicted octanol–water partition coefficient (Wildman–Crippen LogP) is 2.49.